The molecule has 18 heavy (non-hydrogen) atoms. The Kier molecular flexibility index (Phi) is 3.57. The highest BCUT2D eigenvalue weighted by Crippen LogP contribution is 2.35. The van der Waals surface area contributed by atoms with E-state index in [9.17, 15) is 4.79 Å². The third kappa shape index (κ3) is 2.28. The molecular formula is C14H24N2O2. The number of rotatable bonds is 3. The summed E-state index contributed by atoms with van der Waals surface area (Å²) in [6.07, 6.45) is 6.59. The Bertz CT molecular complexity index is 319. The largest absolute Gasteiger partial charge is 0.396 e. The highest BCUT2D eigenvalue weighted by atomic mass is 16.3. The molecule has 2 bridgehead atoms. The average molecular weight is 252 g/mol. The van der Waals surface area contributed by atoms with Crippen LogP contribution in [0.1, 0.15) is 38.5 Å². The fourth-order valence-corrected chi connectivity index (χ4v) is 4.02. The summed E-state index contributed by atoms with van der Waals surface area (Å²) >= 11 is 0. The van der Waals surface area contributed by atoms with Gasteiger partial charge in [0, 0.05) is 31.8 Å². The lowest BCUT2D eigenvalue weighted by Crippen LogP contribution is -2.45. The normalized spacial score (nSPS) is 39.3. The number of aliphatic hydroxyl groups is 1. The fraction of sp³-hybridized carbons (Fsp3) is 0.929. The van der Waals surface area contributed by atoms with Crippen LogP contribution in [0.15, 0.2) is 0 Å². The van der Waals surface area contributed by atoms with Crippen LogP contribution in [0, 0.1) is 11.8 Å². The highest BCUT2D eigenvalue weighted by molar-refractivity contribution is 5.80. The lowest BCUT2D eigenvalue weighted by atomic mass is 9.86. The maximum absolute atomic E-state index is 12.6. The van der Waals surface area contributed by atoms with Gasteiger partial charge >= 0.3 is 0 Å². The van der Waals surface area contributed by atoms with Gasteiger partial charge in [0.2, 0.25) is 5.91 Å². The lowest BCUT2D eigenvalue weighted by molar-refractivity contribution is -0.138. The molecule has 4 unspecified atom stereocenters. The first-order chi connectivity index (χ1) is 8.78. The Hall–Kier alpha value is -0.610. The van der Waals surface area contributed by atoms with Crippen LogP contribution in [0.25, 0.3) is 0 Å². The summed E-state index contributed by atoms with van der Waals surface area (Å²) in [5.74, 6) is 1.12. The van der Waals surface area contributed by atoms with E-state index in [1.54, 1.807) is 0 Å². The van der Waals surface area contributed by atoms with Gasteiger partial charge in [-0.2, -0.15) is 0 Å². The molecule has 0 aromatic carbocycles. The predicted octanol–water partition coefficient (Wildman–Crippen LogP) is 0.748. The van der Waals surface area contributed by atoms with Crippen molar-refractivity contribution in [3.05, 3.63) is 0 Å². The summed E-state index contributed by atoms with van der Waals surface area (Å²) in [4.78, 5) is 14.6. The van der Waals surface area contributed by atoms with Crippen LogP contribution in [0.3, 0.4) is 0 Å². The number of likely N-dealkylation sites (tertiary alicyclic amines) is 1. The summed E-state index contributed by atoms with van der Waals surface area (Å²) < 4.78 is 0. The van der Waals surface area contributed by atoms with Crippen LogP contribution >= 0.6 is 0 Å². The number of piperidine rings is 1. The third-order valence-electron chi connectivity index (χ3n) is 4.99. The molecule has 3 aliphatic heterocycles. The molecule has 0 saturated carbocycles. The monoisotopic (exact) mass is 252 g/mol. The van der Waals surface area contributed by atoms with Gasteiger partial charge in [-0.15, -0.1) is 0 Å². The molecule has 3 rings (SSSR count). The van der Waals surface area contributed by atoms with E-state index in [-0.39, 0.29) is 12.5 Å². The van der Waals surface area contributed by atoms with Crippen LogP contribution < -0.4 is 5.32 Å². The van der Waals surface area contributed by atoms with Crippen LogP contribution in [-0.2, 0) is 4.79 Å². The van der Waals surface area contributed by atoms with Gasteiger partial charge in [0.25, 0.3) is 0 Å². The molecule has 0 aliphatic carbocycles. The zero-order valence-electron chi connectivity index (χ0n) is 11.0. The second-order valence-electron chi connectivity index (χ2n) is 6.19. The Labute approximate surface area is 109 Å². The third-order valence-corrected chi connectivity index (χ3v) is 4.99. The van der Waals surface area contributed by atoms with E-state index in [1.807, 2.05) is 0 Å². The number of nitrogens with one attached hydrogen (secondary N) is 1. The molecule has 4 heteroatoms. The van der Waals surface area contributed by atoms with Crippen molar-refractivity contribution in [1.29, 1.82) is 0 Å². The van der Waals surface area contributed by atoms with Crippen molar-refractivity contribution in [2.75, 3.05) is 19.7 Å². The molecule has 2 N–H and O–H groups in total. The summed E-state index contributed by atoms with van der Waals surface area (Å²) in [5.41, 5.74) is 0. The zero-order chi connectivity index (χ0) is 12.5. The van der Waals surface area contributed by atoms with Crippen LogP contribution in [0.4, 0.5) is 0 Å². The molecule has 0 radical (unpaired) electrons. The molecule has 4 nitrogen and oxygen atoms in total. The molecule has 3 fully saturated rings. The number of carbonyl (C=O) groups is 1. The van der Waals surface area contributed by atoms with E-state index >= 15 is 0 Å². The molecule has 0 spiro atoms. The van der Waals surface area contributed by atoms with E-state index in [2.05, 4.69) is 10.2 Å². The topological polar surface area (TPSA) is 52.6 Å². The molecule has 102 valence electrons. The van der Waals surface area contributed by atoms with Gasteiger partial charge in [-0.3, -0.25) is 4.79 Å². The molecule has 3 saturated heterocycles. The van der Waals surface area contributed by atoms with E-state index in [0.717, 1.165) is 32.4 Å². The summed E-state index contributed by atoms with van der Waals surface area (Å²) in [7, 11) is 0. The molecule has 3 aliphatic rings. The fourth-order valence-electron chi connectivity index (χ4n) is 4.02. The zero-order valence-corrected chi connectivity index (χ0v) is 11.0. The van der Waals surface area contributed by atoms with Gasteiger partial charge in [0.15, 0.2) is 0 Å². The molecule has 3 heterocycles. The van der Waals surface area contributed by atoms with Crippen molar-refractivity contribution in [2.24, 2.45) is 11.8 Å². The van der Waals surface area contributed by atoms with Crippen molar-refractivity contribution in [3.63, 3.8) is 0 Å². The van der Waals surface area contributed by atoms with Crippen molar-refractivity contribution >= 4 is 5.91 Å². The SMILES string of the molecule is O=C(C1CC2CCC1N2)N1CCCC(CCO)C1. The number of amides is 1. The van der Waals surface area contributed by atoms with E-state index in [0.29, 0.717) is 23.9 Å². The minimum absolute atomic E-state index is 0.233. The minimum Gasteiger partial charge on any atom is -0.396 e. The first kappa shape index (κ1) is 12.4. The predicted molar refractivity (Wildman–Crippen MR) is 69.1 cm³/mol. The standard InChI is InChI=1S/C14H24N2O2/c17-7-5-10-2-1-6-16(9-10)14(18)12-8-11-3-4-13(12)15-11/h10-13,15,17H,1-9H2. The van der Waals surface area contributed by atoms with E-state index in [1.165, 1.54) is 19.3 Å². The summed E-state index contributed by atoms with van der Waals surface area (Å²) in [6, 6.07) is 1.04. The first-order valence-electron chi connectivity index (χ1n) is 7.43. The Morgan fingerprint density at radius 2 is 2.22 bits per heavy atom. The van der Waals surface area contributed by atoms with Gasteiger partial charge in [-0.05, 0) is 44.4 Å². The second-order valence-corrected chi connectivity index (χ2v) is 6.19. The van der Waals surface area contributed by atoms with Gasteiger partial charge in [0.1, 0.15) is 0 Å². The van der Waals surface area contributed by atoms with Crippen LogP contribution in [0.5, 0.6) is 0 Å². The average Bonchev–Trinajstić information content (AvgIpc) is 3.01. The van der Waals surface area contributed by atoms with Crippen molar-refractivity contribution in [2.45, 2.75) is 50.6 Å². The van der Waals surface area contributed by atoms with Crippen LogP contribution in [-0.4, -0.2) is 47.7 Å². The smallest absolute Gasteiger partial charge is 0.227 e. The van der Waals surface area contributed by atoms with E-state index in [4.69, 9.17) is 5.11 Å². The van der Waals surface area contributed by atoms with Crippen molar-refractivity contribution in [1.82, 2.24) is 10.2 Å². The number of hydrogen-bond acceptors (Lipinski definition) is 3. The maximum Gasteiger partial charge on any atom is 0.227 e. The van der Waals surface area contributed by atoms with Crippen LogP contribution in [0.2, 0.25) is 0 Å². The Balaban J connectivity index is 1.58. The van der Waals surface area contributed by atoms with Gasteiger partial charge in [-0.1, -0.05) is 0 Å². The summed E-state index contributed by atoms with van der Waals surface area (Å²) in [6.45, 7) is 2.05. The molecule has 1 amide bonds. The first-order valence-corrected chi connectivity index (χ1v) is 7.43. The Morgan fingerprint density at radius 3 is 2.89 bits per heavy atom. The lowest BCUT2D eigenvalue weighted by Gasteiger charge is -2.35. The van der Waals surface area contributed by atoms with Crippen molar-refractivity contribution in [3.8, 4) is 0 Å². The van der Waals surface area contributed by atoms with Crippen molar-refractivity contribution < 1.29 is 9.90 Å². The summed E-state index contributed by atoms with van der Waals surface area (Å²) in [5, 5.41) is 12.6. The Morgan fingerprint density at radius 1 is 1.33 bits per heavy atom. The molecule has 0 aromatic rings. The number of hydrogen-bond donors (Lipinski definition) is 2. The minimum atomic E-state index is 0.233. The maximum atomic E-state index is 12.6. The number of nitrogens with zero attached hydrogens (tertiary/aromatic N) is 1. The number of aliphatic hydroxyl groups excluding tert-OH is 1. The second kappa shape index (κ2) is 5.17. The van der Waals surface area contributed by atoms with Gasteiger partial charge in [0.05, 0.1) is 5.92 Å². The quantitative estimate of drug-likeness (QED) is 0.779. The van der Waals surface area contributed by atoms with Gasteiger partial charge < -0.3 is 15.3 Å². The molecular weight excluding hydrogens is 228 g/mol. The molecule has 4 atom stereocenters. The number of carbonyl (C=O) groups excluding carboxylic acids is 1. The van der Waals surface area contributed by atoms with E-state index < -0.39 is 0 Å². The van der Waals surface area contributed by atoms with Gasteiger partial charge in [-0.25, -0.2) is 0 Å². The highest BCUT2D eigenvalue weighted by Gasteiger charge is 2.44. The molecule has 0 aromatic heterocycles. The number of fused-ring (bicyclic) bond motifs is 2.